The van der Waals surface area contributed by atoms with Crippen LogP contribution >= 0.6 is 0 Å². The molecule has 3 nitrogen and oxygen atoms in total. The minimum Gasteiger partial charge on any atom is -0.298 e. The van der Waals surface area contributed by atoms with Gasteiger partial charge < -0.3 is 0 Å². The molecule has 6 rings (SSSR count). The standard InChI is InChI=1S/C32H21N3/c33-21-26-14-7-8-15-27(26)25-18-19-30-31(20-25)35(22-34-30)32-28(23-10-3-1-4-11-23)16-9-17-29(32)24-12-5-2-6-13-24/h1-20,22H/i1D,2D,3D,4D,5D,6D,10D,11D,12D,13D. The molecule has 1 heterocycles. The molecule has 0 saturated carbocycles. The van der Waals surface area contributed by atoms with Gasteiger partial charge in [-0.3, -0.25) is 4.57 Å². The Hall–Kier alpha value is -4.94. The first-order chi connectivity index (χ1) is 21.5. The van der Waals surface area contributed by atoms with Gasteiger partial charge in [0.15, 0.2) is 0 Å². The quantitative estimate of drug-likeness (QED) is 0.270. The zero-order valence-corrected chi connectivity index (χ0v) is 18.2. The second kappa shape index (κ2) is 8.78. The first-order valence-electron chi connectivity index (χ1n) is 15.7. The Balaban J connectivity index is 1.78. The molecule has 6 aromatic rings. The van der Waals surface area contributed by atoms with Gasteiger partial charge in [0.2, 0.25) is 0 Å². The fourth-order valence-electron chi connectivity index (χ4n) is 4.16. The number of fused-ring (bicyclic) bond motifs is 1. The second-order valence-corrected chi connectivity index (χ2v) is 7.68. The fraction of sp³-hybridized carbons (Fsp3) is 0. The molecule has 0 N–H and O–H groups in total. The van der Waals surface area contributed by atoms with E-state index in [-0.39, 0.29) is 27.9 Å². The molecule has 0 amide bonds. The molecule has 0 fully saturated rings. The minimum atomic E-state index is -0.564. The number of nitriles is 1. The van der Waals surface area contributed by atoms with Crippen molar-refractivity contribution in [2.24, 2.45) is 0 Å². The van der Waals surface area contributed by atoms with E-state index in [4.69, 9.17) is 13.7 Å². The van der Waals surface area contributed by atoms with Crippen molar-refractivity contribution >= 4 is 11.0 Å². The van der Waals surface area contributed by atoms with Gasteiger partial charge in [-0.05, 0) is 40.5 Å². The van der Waals surface area contributed by atoms with Crippen molar-refractivity contribution in [2.75, 3.05) is 0 Å². The highest BCUT2D eigenvalue weighted by molar-refractivity contribution is 5.91. The molecule has 0 atom stereocenters. The van der Waals surface area contributed by atoms with Gasteiger partial charge in [0.05, 0.1) is 42.1 Å². The zero-order valence-electron chi connectivity index (χ0n) is 28.2. The Kier molecular flexibility index (Phi) is 3.14. The van der Waals surface area contributed by atoms with Gasteiger partial charge in [0, 0.05) is 11.1 Å². The number of aromatic nitrogens is 2. The van der Waals surface area contributed by atoms with E-state index in [2.05, 4.69) is 11.1 Å². The molecule has 0 aliphatic heterocycles. The van der Waals surface area contributed by atoms with E-state index < -0.39 is 60.4 Å². The van der Waals surface area contributed by atoms with Crippen molar-refractivity contribution < 1.29 is 13.7 Å². The highest BCUT2D eigenvalue weighted by Gasteiger charge is 2.17. The molecule has 3 heteroatoms. The number of benzene rings is 5. The highest BCUT2D eigenvalue weighted by Crippen LogP contribution is 2.38. The van der Waals surface area contributed by atoms with E-state index in [0.29, 0.717) is 27.7 Å². The van der Waals surface area contributed by atoms with Crippen LogP contribution in [0.5, 0.6) is 0 Å². The van der Waals surface area contributed by atoms with Gasteiger partial charge >= 0.3 is 0 Å². The van der Waals surface area contributed by atoms with E-state index in [9.17, 15) is 5.26 Å². The van der Waals surface area contributed by atoms with Gasteiger partial charge in [0.1, 0.15) is 6.33 Å². The average molecular weight is 458 g/mol. The Morgan fingerprint density at radius 3 is 1.97 bits per heavy atom. The SMILES string of the molecule is [2H]c1c([2H])c([2H])c(-c2cccc(-c3c([2H])c([2H])c([2H])c([2H])c3[2H])c2-n2cnc3ccc(-c4ccccc4C#N)cc32)c([2H])c1[2H]. The molecule has 0 unspecified atom stereocenters. The molecular weight excluding hydrogens is 426 g/mol. The monoisotopic (exact) mass is 457 g/mol. The van der Waals surface area contributed by atoms with E-state index in [0.717, 1.165) is 0 Å². The Labute approximate surface area is 218 Å². The van der Waals surface area contributed by atoms with Crippen LogP contribution in [-0.4, -0.2) is 9.55 Å². The fourth-order valence-corrected chi connectivity index (χ4v) is 4.16. The van der Waals surface area contributed by atoms with E-state index >= 15 is 0 Å². The molecule has 0 spiro atoms. The van der Waals surface area contributed by atoms with E-state index in [1.807, 2.05) is 12.1 Å². The summed E-state index contributed by atoms with van der Waals surface area (Å²) in [5.41, 5.74) is 3.10. The predicted octanol–water partition coefficient (Wildman–Crippen LogP) is 7.90. The van der Waals surface area contributed by atoms with E-state index in [1.165, 1.54) is 6.33 Å². The highest BCUT2D eigenvalue weighted by atomic mass is 15.1. The van der Waals surface area contributed by atoms with Crippen LogP contribution in [0.1, 0.15) is 19.3 Å². The normalized spacial score (nSPS) is 14.8. The van der Waals surface area contributed by atoms with Crippen LogP contribution in [0.25, 0.3) is 50.1 Å². The molecule has 5 aromatic carbocycles. The topological polar surface area (TPSA) is 41.6 Å². The third-order valence-corrected chi connectivity index (χ3v) is 5.72. The lowest BCUT2D eigenvalue weighted by atomic mass is 9.95. The van der Waals surface area contributed by atoms with Crippen LogP contribution < -0.4 is 0 Å². The lowest BCUT2D eigenvalue weighted by Gasteiger charge is -2.17. The number of nitrogens with zero attached hydrogens (tertiary/aromatic N) is 3. The largest absolute Gasteiger partial charge is 0.298 e. The summed E-state index contributed by atoms with van der Waals surface area (Å²) < 4.78 is 85.9. The third kappa shape index (κ3) is 3.68. The number of imidazole rings is 1. The maximum atomic E-state index is 9.72. The van der Waals surface area contributed by atoms with E-state index in [1.54, 1.807) is 53.1 Å². The average Bonchev–Trinajstić information content (AvgIpc) is 3.47. The number of hydrogen-bond donors (Lipinski definition) is 0. The van der Waals surface area contributed by atoms with Gasteiger partial charge in [-0.2, -0.15) is 5.26 Å². The summed E-state index contributed by atoms with van der Waals surface area (Å²) in [6.07, 6.45) is 1.47. The lowest BCUT2D eigenvalue weighted by molar-refractivity contribution is 1.10. The van der Waals surface area contributed by atoms with Gasteiger partial charge in [-0.25, -0.2) is 4.98 Å². The van der Waals surface area contributed by atoms with Crippen molar-refractivity contribution in [3.05, 3.63) is 133 Å². The van der Waals surface area contributed by atoms with Crippen molar-refractivity contribution in [2.45, 2.75) is 0 Å². The maximum Gasteiger partial charge on any atom is 0.100 e. The Morgan fingerprint density at radius 1 is 0.686 bits per heavy atom. The summed E-state index contributed by atoms with van der Waals surface area (Å²) in [7, 11) is 0. The summed E-state index contributed by atoms with van der Waals surface area (Å²) in [6.45, 7) is 0. The Bertz CT molecular complexity index is 2110. The summed E-state index contributed by atoms with van der Waals surface area (Å²) in [4.78, 5) is 4.53. The number of para-hydroxylation sites is 1. The van der Waals surface area contributed by atoms with Gasteiger partial charge in [-0.15, -0.1) is 0 Å². The molecule has 1 aromatic heterocycles. The van der Waals surface area contributed by atoms with Crippen LogP contribution in [0.15, 0.2) is 127 Å². The maximum absolute atomic E-state index is 9.72. The van der Waals surface area contributed by atoms with Crippen LogP contribution in [0.2, 0.25) is 0 Å². The van der Waals surface area contributed by atoms with Crippen molar-refractivity contribution in [1.29, 1.82) is 5.26 Å². The zero-order chi connectivity index (χ0) is 32.3. The smallest absolute Gasteiger partial charge is 0.100 e. The van der Waals surface area contributed by atoms with Gasteiger partial charge in [0.25, 0.3) is 0 Å². The minimum absolute atomic E-state index is 0.127. The molecule has 0 aliphatic carbocycles. The summed E-state index contributed by atoms with van der Waals surface area (Å²) in [5.74, 6) is 0. The molecule has 0 radical (unpaired) electrons. The summed E-state index contributed by atoms with van der Waals surface area (Å²) in [6, 6.07) is 14.1. The summed E-state index contributed by atoms with van der Waals surface area (Å²) in [5, 5.41) is 9.72. The van der Waals surface area contributed by atoms with Crippen LogP contribution in [0.3, 0.4) is 0 Å². The third-order valence-electron chi connectivity index (χ3n) is 5.72. The molecular formula is C32H21N3. The molecule has 164 valence electrons. The lowest BCUT2D eigenvalue weighted by Crippen LogP contribution is -1.99. The molecule has 0 aliphatic rings. The number of hydrogen-bond acceptors (Lipinski definition) is 2. The second-order valence-electron chi connectivity index (χ2n) is 7.68. The van der Waals surface area contributed by atoms with Crippen LogP contribution in [0.4, 0.5) is 0 Å². The van der Waals surface area contributed by atoms with Crippen LogP contribution in [-0.2, 0) is 0 Å². The summed E-state index contributed by atoms with van der Waals surface area (Å²) >= 11 is 0. The predicted molar refractivity (Wildman–Crippen MR) is 142 cm³/mol. The van der Waals surface area contributed by atoms with Crippen LogP contribution in [0, 0.1) is 11.3 Å². The van der Waals surface area contributed by atoms with Crippen molar-refractivity contribution in [3.8, 4) is 45.1 Å². The number of rotatable bonds is 4. The van der Waals surface area contributed by atoms with Crippen molar-refractivity contribution in [1.82, 2.24) is 9.55 Å². The molecule has 0 bridgehead atoms. The first-order valence-corrected chi connectivity index (χ1v) is 10.7. The Morgan fingerprint density at radius 2 is 1.31 bits per heavy atom. The van der Waals surface area contributed by atoms with Gasteiger partial charge in [-0.1, -0.05) is 103 Å². The first kappa shape index (κ1) is 12.5. The molecule has 35 heavy (non-hydrogen) atoms. The molecule has 0 saturated heterocycles. The van der Waals surface area contributed by atoms with Crippen molar-refractivity contribution in [3.63, 3.8) is 0 Å².